The van der Waals surface area contributed by atoms with Gasteiger partial charge in [0.15, 0.2) is 9.84 Å². The van der Waals surface area contributed by atoms with Crippen LogP contribution in [0.2, 0.25) is 0 Å². The van der Waals surface area contributed by atoms with Gasteiger partial charge in [-0.25, -0.2) is 13.2 Å². The summed E-state index contributed by atoms with van der Waals surface area (Å²) in [5, 5.41) is 0. The number of ether oxygens (including phenoxy) is 2. The molecule has 0 saturated carbocycles. The predicted octanol–water partition coefficient (Wildman–Crippen LogP) is 3.51. The van der Waals surface area contributed by atoms with Crippen molar-refractivity contribution >= 4 is 15.9 Å². The molecule has 2 rings (SSSR count). The second-order valence-corrected chi connectivity index (χ2v) is 9.86. The average molecular weight is 384 g/mol. The summed E-state index contributed by atoms with van der Waals surface area (Å²) in [6, 6.07) is 6.42. The van der Waals surface area contributed by atoms with Crippen LogP contribution >= 0.6 is 0 Å². The van der Waals surface area contributed by atoms with E-state index < -0.39 is 15.4 Å². The third-order valence-corrected chi connectivity index (χ3v) is 5.29. The van der Waals surface area contributed by atoms with Crippen molar-refractivity contribution in [2.75, 3.05) is 26.0 Å². The highest BCUT2D eigenvalue weighted by Gasteiger charge is 2.26. The van der Waals surface area contributed by atoms with E-state index in [1.807, 2.05) is 20.8 Å². The number of benzene rings is 1. The van der Waals surface area contributed by atoms with Gasteiger partial charge in [0.25, 0.3) is 0 Å². The summed E-state index contributed by atoms with van der Waals surface area (Å²) in [6.07, 6.45) is 3.89. The van der Waals surface area contributed by atoms with Crippen molar-refractivity contribution in [2.24, 2.45) is 5.92 Å². The molecule has 1 aliphatic rings. The lowest BCUT2D eigenvalue weighted by molar-refractivity contribution is 0.0222. The van der Waals surface area contributed by atoms with E-state index >= 15 is 0 Å². The lowest BCUT2D eigenvalue weighted by Gasteiger charge is -2.28. The van der Waals surface area contributed by atoms with E-state index in [0.29, 0.717) is 25.4 Å². The number of amides is 1. The summed E-state index contributed by atoms with van der Waals surface area (Å²) in [5.74, 6) is 0.852. The molecule has 0 spiro atoms. The Hall–Kier alpha value is -1.76. The van der Waals surface area contributed by atoms with Gasteiger partial charge >= 0.3 is 6.09 Å². The van der Waals surface area contributed by atoms with Gasteiger partial charge in [0, 0.05) is 25.3 Å². The largest absolute Gasteiger partial charge is 0.493 e. The molecule has 7 heteroatoms. The van der Waals surface area contributed by atoms with Gasteiger partial charge in [-0.3, -0.25) is 0 Å². The number of carbonyl (C=O) groups excluding carboxylic acids is 1. The quantitative estimate of drug-likeness (QED) is 0.795. The summed E-state index contributed by atoms with van der Waals surface area (Å²) in [7, 11) is -3.21. The number of likely N-dealkylation sites (tertiary alicyclic amines) is 1. The minimum Gasteiger partial charge on any atom is -0.493 e. The van der Waals surface area contributed by atoms with Gasteiger partial charge in [0.2, 0.25) is 0 Å². The Morgan fingerprint density at radius 2 is 1.85 bits per heavy atom. The number of rotatable bonds is 4. The van der Waals surface area contributed by atoms with Gasteiger partial charge in [-0.2, -0.15) is 0 Å². The van der Waals surface area contributed by atoms with Crippen LogP contribution in [-0.4, -0.2) is 51.0 Å². The van der Waals surface area contributed by atoms with Crippen LogP contribution in [0.3, 0.4) is 0 Å². The van der Waals surface area contributed by atoms with Crippen molar-refractivity contribution in [1.29, 1.82) is 0 Å². The normalized spacial score (nSPS) is 18.9. The van der Waals surface area contributed by atoms with Gasteiger partial charge in [0.05, 0.1) is 11.5 Å². The molecule has 1 aliphatic heterocycles. The van der Waals surface area contributed by atoms with Gasteiger partial charge in [0.1, 0.15) is 11.4 Å². The smallest absolute Gasteiger partial charge is 0.410 e. The number of sulfone groups is 1. The molecule has 0 aliphatic carbocycles. The van der Waals surface area contributed by atoms with Gasteiger partial charge in [-0.15, -0.1) is 0 Å². The minimum atomic E-state index is -3.21. The van der Waals surface area contributed by atoms with Gasteiger partial charge in [-0.1, -0.05) is 6.42 Å². The zero-order valence-corrected chi connectivity index (χ0v) is 16.8. The summed E-state index contributed by atoms with van der Waals surface area (Å²) in [4.78, 5) is 14.4. The summed E-state index contributed by atoms with van der Waals surface area (Å²) in [5.41, 5.74) is -0.503. The first-order valence-corrected chi connectivity index (χ1v) is 10.8. The van der Waals surface area contributed by atoms with Gasteiger partial charge in [-0.05, 0) is 57.9 Å². The predicted molar refractivity (Wildman–Crippen MR) is 100 cm³/mol. The molecule has 1 fully saturated rings. The zero-order valence-electron chi connectivity index (χ0n) is 16.0. The molecule has 1 saturated heterocycles. The summed E-state index contributed by atoms with van der Waals surface area (Å²) >= 11 is 0. The second-order valence-electron chi connectivity index (χ2n) is 7.84. The van der Waals surface area contributed by atoms with Crippen LogP contribution in [0.1, 0.15) is 40.0 Å². The van der Waals surface area contributed by atoms with Crippen LogP contribution < -0.4 is 4.74 Å². The topological polar surface area (TPSA) is 72.9 Å². The molecular weight excluding hydrogens is 354 g/mol. The van der Waals surface area contributed by atoms with Crippen LogP contribution in [0.15, 0.2) is 29.2 Å². The van der Waals surface area contributed by atoms with Crippen molar-refractivity contribution in [3.05, 3.63) is 24.3 Å². The summed E-state index contributed by atoms with van der Waals surface area (Å²) < 4.78 is 34.3. The fraction of sp³-hybridized carbons (Fsp3) is 0.632. The van der Waals surface area contributed by atoms with E-state index in [-0.39, 0.29) is 16.9 Å². The third kappa shape index (κ3) is 6.52. The van der Waals surface area contributed by atoms with E-state index in [1.54, 1.807) is 29.2 Å². The third-order valence-electron chi connectivity index (χ3n) is 4.16. The van der Waals surface area contributed by atoms with Crippen molar-refractivity contribution in [3.63, 3.8) is 0 Å². The molecule has 0 aromatic heterocycles. The fourth-order valence-corrected chi connectivity index (χ4v) is 3.49. The maximum atomic E-state index is 12.3. The molecule has 1 aromatic carbocycles. The van der Waals surface area contributed by atoms with E-state index in [9.17, 15) is 13.2 Å². The molecule has 146 valence electrons. The molecular formula is C19H29NO5S. The van der Waals surface area contributed by atoms with E-state index in [2.05, 4.69) is 0 Å². The van der Waals surface area contributed by atoms with E-state index in [0.717, 1.165) is 19.3 Å². The maximum absolute atomic E-state index is 12.3. The SMILES string of the molecule is CC(C)(C)OC(=O)N1CCCC[C@H](COc2ccc(S(C)(=O)=O)cc2)C1. The highest BCUT2D eigenvalue weighted by Crippen LogP contribution is 2.21. The molecule has 1 heterocycles. The van der Waals surface area contributed by atoms with Crippen LogP contribution in [-0.2, 0) is 14.6 Å². The monoisotopic (exact) mass is 383 g/mol. The number of carbonyl (C=O) groups is 1. The maximum Gasteiger partial charge on any atom is 0.410 e. The molecule has 26 heavy (non-hydrogen) atoms. The Labute approximate surface area is 156 Å². The molecule has 0 bridgehead atoms. The molecule has 6 nitrogen and oxygen atoms in total. The molecule has 1 atom stereocenters. The Bertz CT molecular complexity index is 706. The standard InChI is InChI=1S/C19H29NO5S/c1-19(2,3)25-18(21)20-12-6-5-7-15(13-20)14-24-16-8-10-17(11-9-16)26(4,22)23/h8-11,15H,5-7,12-14H2,1-4H3/t15-/m0/s1. The Kier molecular flexibility index (Phi) is 6.55. The first-order valence-electron chi connectivity index (χ1n) is 8.95. The fourth-order valence-electron chi connectivity index (χ4n) is 2.86. The lowest BCUT2D eigenvalue weighted by atomic mass is 10.0. The van der Waals surface area contributed by atoms with Crippen LogP contribution in [0, 0.1) is 5.92 Å². The highest BCUT2D eigenvalue weighted by molar-refractivity contribution is 7.90. The van der Waals surface area contributed by atoms with Crippen molar-refractivity contribution in [2.45, 2.75) is 50.5 Å². The van der Waals surface area contributed by atoms with Crippen LogP contribution in [0.5, 0.6) is 5.75 Å². The van der Waals surface area contributed by atoms with E-state index in [4.69, 9.17) is 9.47 Å². The number of hydrogen-bond donors (Lipinski definition) is 0. The molecule has 1 aromatic rings. The minimum absolute atomic E-state index is 0.222. The number of nitrogens with zero attached hydrogens (tertiary/aromatic N) is 1. The summed E-state index contributed by atoms with van der Waals surface area (Å²) in [6.45, 7) is 7.39. The lowest BCUT2D eigenvalue weighted by Crippen LogP contribution is -2.40. The zero-order chi connectivity index (χ0) is 19.4. The average Bonchev–Trinajstić information content (AvgIpc) is 2.76. The number of hydrogen-bond acceptors (Lipinski definition) is 5. The van der Waals surface area contributed by atoms with Crippen molar-refractivity contribution < 1.29 is 22.7 Å². The van der Waals surface area contributed by atoms with Crippen molar-refractivity contribution in [3.8, 4) is 5.75 Å². The van der Waals surface area contributed by atoms with Crippen LogP contribution in [0.4, 0.5) is 4.79 Å². The molecule has 0 radical (unpaired) electrons. The molecule has 1 amide bonds. The second kappa shape index (κ2) is 8.29. The molecule has 0 unspecified atom stereocenters. The van der Waals surface area contributed by atoms with Crippen molar-refractivity contribution in [1.82, 2.24) is 4.90 Å². The molecule has 0 N–H and O–H groups in total. The first-order chi connectivity index (χ1) is 12.0. The Balaban J connectivity index is 1.92. The Morgan fingerprint density at radius 3 is 2.42 bits per heavy atom. The Morgan fingerprint density at radius 1 is 1.19 bits per heavy atom. The first kappa shape index (κ1) is 20.6. The van der Waals surface area contributed by atoms with Gasteiger partial charge < -0.3 is 14.4 Å². The highest BCUT2D eigenvalue weighted by atomic mass is 32.2. The van der Waals surface area contributed by atoms with E-state index in [1.165, 1.54) is 6.26 Å². The van der Waals surface area contributed by atoms with Crippen LogP contribution in [0.25, 0.3) is 0 Å².